The third-order valence-electron chi connectivity index (χ3n) is 2.69. The Hall–Kier alpha value is -2.03. The van der Waals surface area contributed by atoms with Gasteiger partial charge in [-0.2, -0.15) is 0 Å². The number of nitrogens with one attached hydrogen (secondary N) is 1. The van der Waals surface area contributed by atoms with E-state index >= 15 is 0 Å². The summed E-state index contributed by atoms with van der Waals surface area (Å²) in [6.07, 6.45) is 6.09. The molecule has 0 unspecified atom stereocenters. The first-order valence-corrected chi connectivity index (χ1v) is 5.63. The van der Waals surface area contributed by atoms with Gasteiger partial charge in [0.2, 0.25) is 5.91 Å². The molecule has 1 heterocycles. The van der Waals surface area contributed by atoms with Gasteiger partial charge in [0.15, 0.2) is 0 Å². The van der Waals surface area contributed by atoms with Gasteiger partial charge in [-0.25, -0.2) is 0 Å². The predicted octanol–water partition coefficient (Wildman–Crippen LogP) is 2.33. The molecule has 0 aliphatic heterocycles. The van der Waals surface area contributed by atoms with Crippen molar-refractivity contribution in [2.24, 2.45) is 7.05 Å². The number of amides is 1. The predicted molar refractivity (Wildman–Crippen MR) is 70.6 cm³/mol. The maximum Gasteiger partial charge on any atom is 0.217 e. The molecule has 3 nitrogen and oxygen atoms in total. The van der Waals surface area contributed by atoms with Gasteiger partial charge in [-0.3, -0.25) is 4.79 Å². The van der Waals surface area contributed by atoms with Crippen LogP contribution in [-0.2, 0) is 11.8 Å². The summed E-state index contributed by atoms with van der Waals surface area (Å²) in [4.78, 5) is 10.7. The first kappa shape index (κ1) is 11.5. The largest absolute Gasteiger partial charge is 0.353 e. The van der Waals surface area contributed by atoms with E-state index in [0.717, 1.165) is 0 Å². The van der Waals surface area contributed by atoms with Crippen molar-refractivity contribution in [1.29, 1.82) is 0 Å². The summed E-state index contributed by atoms with van der Waals surface area (Å²) < 4.78 is 2.10. The Morgan fingerprint density at radius 2 is 2.18 bits per heavy atom. The van der Waals surface area contributed by atoms with Crippen LogP contribution in [-0.4, -0.2) is 17.0 Å². The standard InChI is InChI=1S/C14H16N2O/c1-11(17)15-9-5-6-12-10-16(2)14-8-4-3-7-13(12)14/h3-8,10H,9H2,1-2H3,(H,15,17). The van der Waals surface area contributed by atoms with E-state index in [9.17, 15) is 4.79 Å². The first-order chi connectivity index (χ1) is 8.18. The van der Waals surface area contributed by atoms with Crippen LogP contribution in [0.25, 0.3) is 17.0 Å². The van der Waals surface area contributed by atoms with E-state index in [0.29, 0.717) is 6.54 Å². The molecule has 88 valence electrons. The molecule has 1 aromatic carbocycles. The fourth-order valence-electron chi connectivity index (χ4n) is 1.89. The number of carbonyl (C=O) groups excluding carboxylic acids is 1. The highest BCUT2D eigenvalue weighted by molar-refractivity contribution is 5.89. The quantitative estimate of drug-likeness (QED) is 0.859. The SMILES string of the molecule is CC(=O)NCC=Cc1cn(C)c2ccccc12. The highest BCUT2D eigenvalue weighted by Crippen LogP contribution is 2.21. The Morgan fingerprint density at radius 1 is 1.41 bits per heavy atom. The molecule has 1 N–H and O–H groups in total. The smallest absolute Gasteiger partial charge is 0.217 e. The lowest BCUT2D eigenvalue weighted by molar-refractivity contribution is -0.118. The van der Waals surface area contributed by atoms with Gasteiger partial charge in [0.05, 0.1) is 0 Å². The molecule has 1 aromatic heterocycles. The number of hydrogen-bond acceptors (Lipinski definition) is 1. The molecular formula is C14H16N2O. The highest BCUT2D eigenvalue weighted by atomic mass is 16.1. The second-order valence-corrected chi connectivity index (χ2v) is 4.05. The summed E-state index contributed by atoms with van der Waals surface area (Å²) in [5, 5.41) is 3.97. The second kappa shape index (κ2) is 4.87. The van der Waals surface area contributed by atoms with Gasteiger partial charge >= 0.3 is 0 Å². The minimum absolute atomic E-state index is 0.00688. The topological polar surface area (TPSA) is 34.0 Å². The molecule has 0 aliphatic carbocycles. The molecule has 0 atom stereocenters. The molecule has 0 saturated carbocycles. The molecule has 3 heteroatoms. The van der Waals surface area contributed by atoms with E-state index in [4.69, 9.17) is 0 Å². The van der Waals surface area contributed by atoms with Crippen molar-refractivity contribution in [3.63, 3.8) is 0 Å². The van der Waals surface area contributed by atoms with Crippen LogP contribution in [0.1, 0.15) is 12.5 Å². The zero-order valence-electron chi connectivity index (χ0n) is 10.1. The molecule has 17 heavy (non-hydrogen) atoms. The van der Waals surface area contributed by atoms with Gasteiger partial charge in [-0.05, 0) is 11.6 Å². The lowest BCUT2D eigenvalue weighted by Gasteiger charge is -1.94. The van der Waals surface area contributed by atoms with E-state index < -0.39 is 0 Å². The van der Waals surface area contributed by atoms with Gasteiger partial charge in [-0.1, -0.05) is 30.4 Å². The number of rotatable bonds is 3. The van der Waals surface area contributed by atoms with Crippen LogP contribution in [0.3, 0.4) is 0 Å². The van der Waals surface area contributed by atoms with E-state index in [1.54, 1.807) is 0 Å². The summed E-state index contributed by atoms with van der Waals surface area (Å²) in [6.45, 7) is 2.09. The molecule has 2 rings (SSSR count). The number of hydrogen-bond donors (Lipinski definition) is 1. The molecule has 2 aromatic rings. The Bertz CT molecular complexity index is 567. The van der Waals surface area contributed by atoms with Crippen LogP contribution in [0, 0.1) is 0 Å². The zero-order chi connectivity index (χ0) is 12.3. The Kier molecular flexibility index (Phi) is 3.28. The second-order valence-electron chi connectivity index (χ2n) is 4.05. The number of benzene rings is 1. The summed E-state index contributed by atoms with van der Waals surface area (Å²) in [5.74, 6) is -0.00688. The van der Waals surface area contributed by atoms with Gasteiger partial charge in [-0.15, -0.1) is 0 Å². The van der Waals surface area contributed by atoms with Gasteiger partial charge < -0.3 is 9.88 Å². The number of para-hydroxylation sites is 1. The van der Waals surface area contributed by atoms with Crippen LogP contribution in [0.5, 0.6) is 0 Å². The van der Waals surface area contributed by atoms with Gasteiger partial charge in [0.25, 0.3) is 0 Å². The van der Waals surface area contributed by atoms with Crippen molar-refractivity contribution in [3.8, 4) is 0 Å². The molecule has 0 saturated heterocycles. The lowest BCUT2D eigenvalue weighted by Crippen LogP contribution is -2.19. The summed E-state index contributed by atoms with van der Waals surface area (Å²) in [6, 6.07) is 8.27. The van der Waals surface area contributed by atoms with Crippen molar-refractivity contribution < 1.29 is 4.79 Å². The van der Waals surface area contributed by atoms with Crippen LogP contribution in [0.15, 0.2) is 36.5 Å². The first-order valence-electron chi connectivity index (χ1n) is 5.63. The van der Waals surface area contributed by atoms with Crippen LogP contribution >= 0.6 is 0 Å². The fraction of sp³-hybridized carbons (Fsp3) is 0.214. The lowest BCUT2D eigenvalue weighted by atomic mass is 10.1. The van der Waals surface area contributed by atoms with E-state index in [-0.39, 0.29) is 5.91 Å². The number of carbonyl (C=O) groups is 1. The summed E-state index contributed by atoms with van der Waals surface area (Å²) in [7, 11) is 2.04. The number of fused-ring (bicyclic) bond motifs is 1. The van der Waals surface area contributed by atoms with Crippen molar-refractivity contribution in [2.45, 2.75) is 6.92 Å². The van der Waals surface area contributed by atoms with E-state index in [1.807, 2.05) is 31.3 Å². The Labute approximate surface area is 101 Å². The van der Waals surface area contributed by atoms with E-state index in [2.05, 4.69) is 28.2 Å². The van der Waals surface area contributed by atoms with Crippen molar-refractivity contribution in [3.05, 3.63) is 42.1 Å². The zero-order valence-corrected chi connectivity index (χ0v) is 10.1. The normalized spacial score (nSPS) is 11.2. The average Bonchev–Trinajstić information content (AvgIpc) is 2.63. The number of aromatic nitrogens is 1. The Balaban J connectivity index is 2.21. The molecular weight excluding hydrogens is 212 g/mol. The molecule has 0 radical (unpaired) electrons. The maximum absolute atomic E-state index is 10.7. The fourth-order valence-corrected chi connectivity index (χ4v) is 1.89. The minimum Gasteiger partial charge on any atom is -0.353 e. The Morgan fingerprint density at radius 3 is 2.94 bits per heavy atom. The third kappa shape index (κ3) is 2.56. The van der Waals surface area contributed by atoms with Crippen molar-refractivity contribution in [1.82, 2.24) is 9.88 Å². The number of aryl methyl sites for hydroxylation is 1. The molecule has 0 fully saturated rings. The molecule has 0 aliphatic rings. The van der Waals surface area contributed by atoms with Gasteiger partial charge in [0, 0.05) is 37.6 Å². The summed E-state index contributed by atoms with van der Waals surface area (Å²) in [5.41, 5.74) is 2.39. The van der Waals surface area contributed by atoms with Crippen molar-refractivity contribution in [2.75, 3.05) is 6.54 Å². The average molecular weight is 228 g/mol. The summed E-state index contributed by atoms with van der Waals surface area (Å²) >= 11 is 0. The third-order valence-corrected chi connectivity index (χ3v) is 2.69. The maximum atomic E-state index is 10.7. The monoisotopic (exact) mass is 228 g/mol. The van der Waals surface area contributed by atoms with Crippen LogP contribution in [0.2, 0.25) is 0 Å². The molecule has 0 bridgehead atoms. The van der Waals surface area contributed by atoms with Crippen molar-refractivity contribution >= 4 is 22.9 Å². The van der Waals surface area contributed by atoms with Crippen LogP contribution < -0.4 is 5.32 Å². The highest BCUT2D eigenvalue weighted by Gasteiger charge is 2.01. The molecule has 0 spiro atoms. The molecule has 1 amide bonds. The van der Waals surface area contributed by atoms with Crippen LogP contribution in [0.4, 0.5) is 0 Å². The van der Waals surface area contributed by atoms with Gasteiger partial charge in [0.1, 0.15) is 0 Å². The minimum atomic E-state index is -0.00688. The number of nitrogens with zero attached hydrogens (tertiary/aromatic N) is 1. The van der Waals surface area contributed by atoms with E-state index in [1.165, 1.54) is 23.4 Å².